The summed E-state index contributed by atoms with van der Waals surface area (Å²) in [5.41, 5.74) is 4.37. The average Bonchev–Trinajstić information content (AvgIpc) is 2.64. The van der Waals surface area contributed by atoms with Gasteiger partial charge in [0.2, 0.25) is 0 Å². The van der Waals surface area contributed by atoms with Crippen LogP contribution in [0.1, 0.15) is 16.7 Å². The van der Waals surface area contributed by atoms with E-state index < -0.39 is 8.07 Å². The highest BCUT2D eigenvalue weighted by Gasteiger charge is 2.31. The summed E-state index contributed by atoms with van der Waals surface area (Å²) in [6, 6.07) is 37.5. The van der Waals surface area contributed by atoms with E-state index in [1.165, 1.54) is 34.8 Å². The van der Waals surface area contributed by atoms with Gasteiger partial charge in [0.05, 0.1) is 8.07 Å². The molecule has 0 aliphatic rings. The van der Waals surface area contributed by atoms with Crippen LogP contribution in [-0.4, -0.2) is 8.07 Å². The first-order valence-corrected chi connectivity index (χ1v) is 11.5. The highest BCUT2D eigenvalue weighted by molar-refractivity contribution is 6.78. The van der Waals surface area contributed by atoms with E-state index in [0.29, 0.717) is 0 Å². The third kappa shape index (κ3) is 4.45. The van der Waals surface area contributed by atoms with E-state index in [2.05, 4.69) is 97.9 Å². The van der Waals surface area contributed by atoms with E-state index in [1.807, 2.05) is 0 Å². The van der Waals surface area contributed by atoms with Gasteiger partial charge >= 0.3 is 0 Å². The summed E-state index contributed by atoms with van der Waals surface area (Å²) >= 11 is 0. The fourth-order valence-corrected chi connectivity index (χ4v) is 7.75. The fraction of sp³-hybridized carbons (Fsp3) is 0.174. The van der Waals surface area contributed by atoms with E-state index in [-0.39, 0.29) is 0 Å². The molecule has 0 aliphatic heterocycles. The van der Waals surface area contributed by atoms with Gasteiger partial charge in [-0.15, -0.1) is 0 Å². The van der Waals surface area contributed by atoms with Crippen molar-refractivity contribution >= 4 is 8.07 Å². The maximum Gasteiger partial charge on any atom is 0.0666 e. The van der Waals surface area contributed by atoms with E-state index in [1.54, 1.807) is 0 Å². The third-order valence-electron chi connectivity index (χ3n) is 4.80. The molecule has 0 saturated carbocycles. The molecule has 0 nitrogen and oxygen atoms in total. The smallest absolute Gasteiger partial charge is 0.0622 e. The Hall–Kier alpha value is -2.12. The lowest BCUT2D eigenvalue weighted by atomic mass is 10.2. The summed E-state index contributed by atoms with van der Waals surface area (Å²) in [4.78, 5) is 0. The van der Waals surface area contributed by atoms with Crippen LogP contribution in [0.2, 0.25) is 6.04 Å². The molecule has 0 unspecified atom stereocenters. The normalized spacial score (nSPS) is 11.4. The number of hydrogen-bond acceptors (Lipinski definition) is 0. The Morgan fingerprint density at radius 2 is 0.792 bits per heavy atom. The molecule has 0 bridgehead atoms. The first-order valence-electron chi connectivity index (χ1n) is 8.71. The SMILES string of the molecule is [CH2]C[Si](Cc1ccccc1)(Cc1ccccc1)Cc1ccccc1. The molecule has 24 heavy (non-hydrogen) atoms. The Kier molecular flexibility index (Phi) is 5.66. The Balaban J connectivity index is 1.91. The van der Waals surface area contributed by atoms with Gasteiger partial charge in [-0.05, 0) is 18.1 Å². The Labute approximate surface area is 147 Å². The molecule has 0 spiro atoms. The minimum atomic E-state index is -1.60. The predicted octanol–water partition coefficient (Wildman–Crippen LogP) is 5.61. The van der Waals surface area contributed by atoms with Gasteiger partial charge in [-0.3, -0.25) is 0 Å². The maximum atomic E-state index is 4.41. The molecule has 3 rings (SSSR count). The summed E-state index contributed by atoms with van der Waals surface area (Å²) < 4.78 is 0. The van der Waals surface area contributed by atoms with Crippen LogP contribution in [-0.2, 0) is 18.1 Å². The van der Waals surface area contributed by atoms with Crippen LogP contribution in [0.3, 0.4) is 0 Å². The van der Waals surface area contributed by atoms with Crippen molar-refractivity contribution in [3.63, 3.8) is 0 Å². The highest BCUT2D eigenvalue weighted by Crippen LogP contribution is 2.25. The molecule has 0 fully saturated rings. The minimum absolute atomic E-state index is 1.06. The molecule has 0 amide bonds. The Bertz CT molecular complexity index is 618. The summed E-state index contributed by atoms with van der Waals surface area (Å²) in [5, 5.41) is 0. The van der Waals surface area contributed by atoms with Crippen molar-refractivity contribution in [2.45, 2.75) is 24.2 Å². The number of benzene rings is 3. The van der Waals surface area contributed by atoms with Crippen LogP contribution in [0.5, 0.6) is 0 Å². The lowest BCUT2D eigenvalue weighted by molar-refractivity contribution is 1.10. The van der Waals surface area contributed by atoms with Crippen molar-refractivity contribution in [1.82, 2.24) is 0 Å². The first-order chi connectivity index (χ1) is 11.8. The zero-order valence-corrected chi connectivity index (χ0v) is 15.2. The molecule has 0 atom stereocenters. The van der Waals surface area contributed by atoms with Gasteiger partial charge in [-0.25, -0.2) is 0 Å². The lowest BCUT2D eigenvalue weighted by Crippen LogP contribution is -2.43. The standard InChI is InChI=1S/C23H25Si/c1-2-24(18-21-12-6-3-7-13-21,19-22-14-8-4-9-15-22)20-23-16-10-5-11-17-23/h3-17H,1-2,18-20H2. The Morgan fingerprint density at radius 3 is 1.04 bits per heavy atom. The van der Waals surface area contributed by atoms with E-state index >= 15 is 0 Å². The summed E-state index contributed by atoms with van der Waals surface area (Å²) in [5.74, 6) is 0. The first kappa shape index (κ1) is 16.7. The van der Waals surface area contributed by atoms with Crippen LogP contribution in [0.15, 0.2) is 91.0 Å². The molecule has 3 aromatic carbocycles. The molecule has 1 heteroatoms. The predicted molar refractivity (Wildman–Crippen MR) is 106 cm³/mol. The van der Waals surface area contributed by atoms with Gasteiger partial charge < -0.3 is 0 Å². The van der Waals surface area contributed by atoms with Gasteiger partial charge in [-0.2, -0.15) is 0 Å². The van der Waals surface area contributed by atoms with Gasteiger partial charge in [0.15, 0.2) is 0 Å². The van der Waals surface area contributed by atoms with Crippen molar-refractivity contribution in [3.8, 4) is 0 Å². The average molecular weight is 330 g/mol. The Morgan fingerprint density at radius 1 is 0.500 bits per heavy atom. The molecule has 1 radical (unpaired) electrons. The molecule has 0 aliphatic carbocycles. The van der Waals surface area contributed by atoms with Crippen molar-refractivity contribution in [3.05, 3.63) is 115 Å². The van der Waals surface area contributed by atoms with E-state index in [4.69, 9.17) is 0 Å². The molecular formula is C23H25Si. The molecule has 0 aromatic heterocycles. The molecule has 0 heterocycles. The number of rotatable bonds is 7. The van der Waals surface area contributed by atoms with E-state index in [9.17, 15) is 0 Å². The third-order valence-corrected chi connectivity index (χ3v) is 9.33. The second-order valence-electron chi connectivity index (χ2n) is 6.74. The van der Waals surface area contributed by atoms with Crippen LogP contribution < -0.4 is 0 Å². The maximum absolute atomic E-state index is 4.41. The van der Waals surface area contributed by atoms with Crippen molar-refractivity contribution in [2.75, 3.05) is 0 Å². The van der Waals surface area contributed by atoms with Gasteiger partial charge in [0.1, 0.15) is 0 Å². The van der Waals surface area contributed by atoms with Crippen LogP contribution in [0, 0.1) is 6.92 Å². The zero-order chi connectivity index (χ0) is 16.7. The second-order valence-corrected chi connectivity index (χ2v) is 11.3. The zero-order valence-electron chi connectivity index (χ0n) is 14.2. The van der Waals surface area contributed by atoms with Crippen molar-refractivity contribution in [1.29, 1.82) is 0 Å². The fourth-order valence-electron chi connectivity index (χ4n) is 3.54. The lowest BCUT2D eigenvalue weighted by Gasteiger charge is -2.31. The van der Waals surface area contributed by atoms with Crippen molar-refractivity contribution in [2.24, 2.45) is 0 Å². The molecule has 0 N–H and O–H groups in total. The van der Waals surface area contributed by atoms with Gasteiger partial charge in [-0.1, -0.05) is 121 Å². The van der Waals surface area contributed by atoms with Crippen LogP contribution in [0.25, 0.3) is 0 Å². The van der Waals surface area contributed by atoms with Crippen LogP contribution >= 0.6 is 0 Å². The van der Waals surface area contributed by atoms with Gasteiger partial charge in [0, 0.05) is 0 Å². The summed E-state index contributed by atoms with van der Waals surface area (Å²) in [6.07, 6.45) is 0. The van der Waals surface area contributed by atoms with Crippen molar-refractivity contribution < 1.29 is 0 Å². The molecule has 121 valence electrons. The molecule has 3 aromatic rings. The highest BCUT2D eigenvalue weighted by atomic mass is 28.3. The monoisotopic (exact) mass is 329 g/mol. The molecule has 0 saturated heterocycles. The summed E-state index contributed by atoms with van der Waals surface area (Å²) in [6.45, 7) is 4.41. The van der Waals surface area contributed by atoms with Crippen LogP contribution in [0.4, 0.5) is 0 Å². The molecular weight excluding hydrogens is 304 g/mol. The largest absolute Gasteiger partial charge is 0.0666 e. The second kappa shape index (κ2) is 8.12. The summed E-state index contributed by atoms with van der Waals surface area (Å²) in [7, 11) is -1.60. The quantitative estimate of drug-likeness (QED) is 0.494. The van der Waals surface area contributed by atoms with Gasteiger partial charge in [0.25, 0.3) is 0 Å². The van der Waals surface area contributed by atoms with E-state index in [0.717, 1.165) is 6.04 Å². The minimum Gasteiger partial charge on any atom is -0.0622 e. The number of hydrogen-bond donors (Lipinski definition) is 0. The topological polar surface area (TPSA) is 0 Å².